The fourth-order valence-electron chi connectivity index (χ4n) is 1.61. The number of hydrogen-bond acceptors (Lipinski definition) is 2. The first-order chi connectivity index (χ1) is 11.3. The van der Waals surface area contributed by atoms with E-state index in [2.05, 4.69) is 22.4 Å². The number of rotatable bonds is 2. The Bertz CT molecular complexity index is 740. The van der Waals surface area contributed by atoms with Crippen molar-refractivity contribution >= 4 is 11.9 Å². The van der Waals surface area contributed by atoms with Crippen LogP contribution in [0.5, 0.6) is 0 Å². The molecular formula is C19H14F2FeN2. The van der Waals surface area contributed by atoms with Gasteiger partial charge in [0, 0.05) is 41.5 Å². The number of nitrogens with zero attached hydrogens (tertiary/aromatic N) is 1. The van der Waals surface area contributed by atoms with Gasteiger partial charge in [0.1, 0.15) is 11.6 Å². The average Bonchev–Trinajstić information content (AvgIpc) is 3.25. The SMILES string of the molecule is Fc1ccc(F)c(N/N=C\C#CC2=C[CH]C=C2)c1.[CH]1C=CC=C1.[Fe]. The molecule has 2 aliphatic carbocycles. The maximum Gasteiger partial charge on any atom is 0.148 e. The molecule has 2 aliphatic rings. The van der Waals surface area contributed by atoms with E-state index in [-0.39, 0.29) is 22.8 Å². The Morgan fingerprint density at radius 3 is 2.42 bits per heavy atom. The number of hydrogen-bond donors (Lipinski definition) is 1. The van der Waals surface area contributed by atoms with Gasteiger partial charge in [-0.2, -0.15) is 5.10 Å². The Labute approximate surface area is 151 Å². The standard InChI is InChI=1S/C14H9F2N2.C5H5.Fe/c15-12-7-8-13(16)14(10-12)18-17-9-3-6-11-4-1-2-5-11;1-2-4-5-3-1;/h1-2,4-5,7-10,18H;1-5H;/b17-9-;;. The predicted molar refractivity (Wildman–Crippen MR) is 90.4 cm³/mol. The van der Waals surface area contributed by atoms with Gasteiger partial charge in [0.2, 0.25) is 0 Å². The summed E-state index contributed by atoms with van der Waals surface area (Å²) in [5, 5.41) is 3.69. The van der Waals surface area contributed by atoms with Crippen LogP contribution in [0.1, 0.15) is 0 Å². The zero-order valence-electron chi connectivity index (χ0n) is 12.6. The number of allylic oxidation sites excluding steroid dienone is 8. The molecule has 0 heterocycles. The molecule has 24 heavy (non-hydrogen) atoms. The minimum atomic E-state index is -0.572. The van der Waals surface area contributed by atoms with Crippen molar-refractivity contribution in [2.45, 2.75) is 0 Å². The second-order valence-corrected chi connectivity index (χ2v) is 4.40. The Kier molecular flexibility index (Phi) is 9.14. The van der Waals surface area contributed by atoms with Crippen LogP contribution < -0.4 is 5.43 Å². The average molecular weight is 364 g/mol. The molecule has 0 saturated carbocycles. The summed E-state index contributed by atoms with van der Waals surface area (Å²) >= 11 is 0. The molecule has 1 N–H and O–H groups in total. The third-order valence-electron chi connectivity index (χ3n) is 2.68. The summed E-state index contributed by atoms with van der Waals surface area (Å²) in [5.41, 5.74) is 3.23. The largest absolute Gasteiger partial charge is 0.275 e. The van der Waals surface area contributed by atoms with Crippen LogP contribution in [-0.4, -0.2) is 6.21 Å². The molecule has 122 valence electrons. The van der Waals surface area contributed by atoms with Crippen LogP contribution in [0, 0.1) is 36.3 Å². The van der Waals surface area contributed by atoms with E-state index in [1.165, 1.54) is 6.21 Å². The van der Waals surface area contributed by atoms with E-state index < -0.39 is 11.6 Å². The van der Waals surface area contributed by atoms with Gasteiger partial charge in [0.15, 0.2) is 0 Å². The molecule has 0 aliphatic heterocycles. The second-order valence-electron chi connectivity index (χ2n) is 4.40. The number of anilines is 1. The first kappa shape index (κ1) is 19.6. The molecule has 0 spiro atoms. The van der Waals surface area contributed by atoms with E-state index in [4.69, 9.17) is 0 Å². The Morgan fingerprint density at radius 1 is 1.00 bits per heavy atom. The summed E-state index contributed by atoms with van der Waals surface area (Å²) in [7, 11) is 0. The van der Waals surface area contributed by atoms with Crippen LogP contribution in [0.4, 0.5) is 14.5 Å². The van der Waals surface area contributed by atoms with Crippen molar-refractivity contribution < 1.29 is 25.8 Å². The van der Waals surface area contributed by atoms with E-state index in [1.807, 2.05) is 55.4 Å². The van der Waals surface area contributed by atoms with Crippen LogP contribution in [0.3, 0.4) is 0 Å². The van der Waals surface area contributed by atoms with Crippen LogP contribution >= 0.6 is 0 Å². The van der Waals surface area contributed by atoms with E-state index in [9.17, 15) is 8.78 Å². The quantitative estimate of drug-likeness (QED) is 0.358. The van der Waals surface area contributed by atoms with Gasteiger partial charge in [-0.15, -0.1) is 0 Å². The minimum absolute atomic E-state index is 0. The van der Waals surface area contributed by atoms with E-state index in [1.54, 1.807) is 0 Å². The summed E-state index contributed by atoms with van der Waals surface area (Å²) in [6.45, 7) is 0. The summed E-state index contributed by atoms with van der Waals surface area (Å²) in [6.07, 6.45) is 18.8. The van der Waals surface area contributed by atoms with Crippen LogP contribution in [0.15, 0.2) is 71.4 Å². The fraction of sp³-hybridized carbons (Fsp3) is 0. The molecule has 2 nitrogen and oxygen atoms in total. The van der Waals surface area contributed by atoms with E-state index >= 15 is 0 Å². The Hall–Kier alpha value is -2.41. The van der Waals surface area contributed by atoms with Crippen molar-refractivity contribution in [2.24, 2.45) is 5.10 Å². The van der Waals surface area contributed by atoms with E-state index in [0.717, 1.165) is 23.8 Å². The third kappa shape index (κ3) is 7.23. The monoisotopic (exact) mass is 364 g/mol. The zero-order chi connectivity index (χ0) is 16.3. The normalized spacial score (nSPS) is 13.7. The summed E-state index contributed by atoms with van der Waals surface area (Å²) in [6, 6.07) is 3.10. The van der Waals surface area contributed by atoms with Gasteiger partial charge in [-0.3, -0.25) is 5.43 Å². The molecule has 0 aromatic heterocycles. The molecule has 3 rings (SSSR count). The second kappa shape index (κ2) is 11.2. The molecule has 0 atom stereocenters. The molecule has 0 saturated heterocycles. The molecule has 0 unspecified atom stereocenters. The smallest absolute Gasteiger partial charge is 0.148 e. The Balaban J connectivity index is 0.000000412. The fourth-order valence-corrected chi connectivity index (χ4v) is 1.61. The van der Waals surface area contributed by atoms with Gasteiger partial charge < -0.3 is 0 Å². The summed E-state index contributed by atoms with van der Waals surface area (Å²) in [4.78, 5) is 0. The number of nitrogens with one attached hydrogen (secondary N) is 1. The Morgan fingerprint density at radius 2 is 1.79 bits per heavy atom. The molecule has 0 amide bonds. The van der Waals surface area contributed by atoms with Crippen LogP contribution in [0.25, 0.3) is 0 Å². The number of hydrazone groups is 1. The molecule has 1 aromatic rings. The summed E-state index contributed by atoms with van der Waals surface area (Å²) < 4.78 is 26.0. The van der Waals surface area contributed by atoms with Crippen molar-refractivity contribution in [1.29, 1.82) is 0 Å². The number of halogens is 2. The van der Waals surface area contributed by atoms with Crippen molar-refractivity contribution in [3.05, 3.63) is 90.8 Å². The summed E-state index contributed by atoms with van der Waals surface area (Å²) in [5.74, 6) is 4.40. The van der Waals surface area contributed by atoms with Crippen molar-refractivity contribution in [1.82, 2.24) is 0 Å². The predicted octanol–water partition coefficient (Wildman–Crippen LogP) is 4.38. The van der Waals surface area contributed by atoms with Gasteiger partial charge in [-0.05, 0) is 18.1 Å². The first-order valence-electron chi connectivity index (χ1n) is 6.88. The van der Waals surface area contributed by atoms with Crippen molar-refractivity contribution in [3.63, 3.8) is 0 Å². The number of benzene rings is 1. The van der Waals surface area contributed by atoms with Gasteiger partial charge in [-0.25, -0.2) is 8.78 Å². The van der Waals surface area contributed by atoms with Gasteiger partial charge in [0.25, 0.3) is 0 Å². The third-order valence-corrected chi connectivity index (χ3v) is 2.68. The van der Waals surface area contributed by atoms with Gasteiger partial charge >= 0.3 is 0 Å². The molecule has 1 aromatic carbocycles. The van der Waals surface area contributed by atoms with Crippen molar-refractivity contribution in [3.8, 4) is 11.8 Å². The first-order valence-corrected chi connectivity index (χ1v) is 6.88. The van der Waals surface area contributed by atoms with Crippen LogP contribution in [0.2, 0.25) is 0 Å². The molecule has 5 heteroatoms. The maximum absolute atomic E-state index is 13.2. The maximum atomic E-state index is 13.2. The van der Waals surface area contributed by atoms with Gasteiger partial charge in [-0.1, -0.05) is 48.5 Å². The topological polar surface area (TPSA) is 24.4 Å². The van der Waals surface area contributed by atoms with E-state index in [0.29, 0.717) is 0 Å². The molecule has 2 radical (unpaired) electrons. The molecule has 0 bridgehead atoms. The molecular weight excluding hydrogens is 350 g/mol. The van der Waals surface area contributed by atoms with Crippen molar-refractivity contribution in [2.75, 3.05) is 5.43 Å². The van der Waals surface area contributed by atoms with Gasteiger partial charge in [0.05, 0.1) is 11.9 Å². The minimum Gasteiger partial charge on any atom is -0.275 e. The van der Waals surface area contributed by atoms with Crippen LogP contribution in [-0.2, 0) is 17.1 Å². The molecule has 0 fully saturated rings. The zero-order valence-corrected chi connectivity index (χ0v) is 13.7.